The molecule has 0 spiro atoms. The molecular formula is C22H20FN7O. The van der Waals surface area contributed by atoms with Gasteiger partial charge in [0.15, 0.2) is 0 Å². The van der Waals surface area contributed by atoms with Crippen LogP contribution in [0.3, 0.4) is 0 Å². The zero-order chi connectivity index (χ0) is 21.6. The lowest BCUT2D eigenvalue weighted by Gasteiger charge is -2.16. The minimum absolute atomic E-state index is 0.144. The minimum atomic E-state index is -0.281. The lowest BCUT2D eigenvalue weighted by molar-refractivity contribution is 0.398. The average Bonchev–Trinajstić information content (AvgIpc) is 2.80. The van der Waals surface area contributed by atoms with Gasteiger partial charge in [-0.3, -0.25) is 4.98 Å². The van der Waals surface area contributed by atoms with Gasteiger partial charge in [0.1, 0.15) is 17.5 Å². The van der Waals surface area contributed by atoms with E-state index in [1.807, 2.05) is 13.0 Å². The molecule has 0 aliphatic rings. The molecule has 0 fully saturated rings. The zero-order valence-corrected chi connectivity index (χ0v) is 17.0. The fourth-order valence-electron chi connectivity index (χ4n) is 2.90. The Morgan fingerprint density at radius 3 is 2.45 bits per heavy atom. The predicted molar refractivity (Wildman–Crippen MR) is 116 cm³/mol. The quantitative estimate of drug-likeness (QED) is 0.457. The van der Waals surface area contributed by atoms with Gasteiger partial charge in [-0.25, -0.2) is 19.3 Å². The van der Waals surface area contributed by atoms with Crippen molar-refractivity contribution in [2.75, 3.05) is 17.7 Å². The van der Waals surface area contributed by atoms with E-state index in [4.69, 9.17) is 4.74 Å². The maximum atomic E-state index is 13.3. The standard InChI is InChI=1S/C22H20FN7O/c1-14(15-3-6-17(23)7-4-15)27-22-28-18(16-5-8-21(31-2)26-12-16)11-19(30-22)29-20-13-24-9-10-25-20/h3-14H,1-2H3,(H2,25,27,28,29,30). The number of ether oxygens (including phenoxy) is 1. The van der Waals surface area contributed by atoms with Crippen molar-refractivity contribution in [3.05, 3.63) is 78.6 Å². The summed E-state index contributed by atoms with van der Waals surface area (Å²) in [4.78, 5) is 21.7. The Bertz CT molecular complexity index is 1140. The van der Waals surface area contributed by atoms with E-state index in [1.54, 1.807) is 56.2 Å². The number of hydrogen-bond donors (Lipinski definition) is 2. The topological polar surface area (TPSA) is 97.7 Å². The van der Waals surface area contributed by atoms with Gasteiger partial charge >= 0.3 is 0 Å². The monoisotopic (exact) mass is 417 g/mol. The number of nitrogens with one attached hydrogen (secondary N) is 2. The van der Waals surface area contributed by atoms with E-state index < -0.39 is 0 Å². The third-order valence-electron chi connectivity index (χ3n) is 4.50. The molecule has 8 nitrogen and oxygen atoms in total. The van der Waals surface area contributed by atoms with E-state index in [2.05, 4.69) is 35.6 Å². The first-order valence-corrected chi connectivity index (χ1v) is 9.55. The highest BCUT2D eigenvalue weighted by Gasteiger charge is 2.12. The molecule has 3 aromatic heterocycles. The number of methoxy groups -OCH3 is 1. The molecule has 0 bridgehead atoms. The van der Waals surface area contributed by atoms with E-state index in [-0.39, 0.29) is 11.9 Å². The van der Waals surface area contributed by atoms with Gasteiger partial charge in [-0.2, -0.15) is 4.98 Å². The zero-order valence-electron chi connectivity index (χ0n) is 17.0. The molecule has 0 saturated carbocycles. The van der Waals surface area contributed by atoms with Crippen molar-refractivity contribution in [1.82, 2.24) is 24.9 Å². The first kappa shape index (κ1) is 20.1. The lowest BCUT2D eigenvalue weighted by Crippen LogP contribution is -2.11. The number of anilines is 3. The van der Waals surface area contributed by atoms with E-state index in [0.29, 0.717) is 29.2 Å². The molecule has 31 heavy (non-hydrogen) atoms. The molecular weight excluding hydrogens is 397 g/mol. The first-order chi connectivity index (χ1) is 15.1. The third-order valence-corrected chi connectivity index (χ3v) is 4.50. The molecule has 1 atom stereocenters. The lowest BCUT2D eigenvalue weighted by atomic mass is 10.1. The Labute approximate surface area is 178 Å². The van der Waals surface area contributed by atoms with Gasteiger partial charge < -0.3 is 15.4 Å². The average molecular weight is 417 g/mol. The summed E-state index contributed by atoms with van der Waals surface area (Å²) in [7, 11) is 1.56. The van der Waals surface area contributed by atoms with Gasteiger partial charge in [0, 0.05) is 36.3 Å². The normalized spacial score (nSPS) is 11.6. The van der Waals surface area contributed by atoms with Crippen molar-refractivity contribution < 1.29 is 9.13 Å². The van der Waals surface area contributed by atoms with Gasteiger partial charge in [-0.05, 0) is 30.7 Å². The highest BCUT2D eigenvalue weighted by molar-refractivity contribution is 5.66. The second-order valence-electron chi connectivity index (χ2n) is 6.68. The number of hydrogen-bond acceptors (Lipinski definition) is 8. The maximum absolute atomic E-state index is 13.3. The fraction of sp³-hybridized carbons (Fsp3) is 0.136. The summed E-state index contributed by atoms with van der Waals surface area (Å²) in [6, 6.07) is 11.6. The van der Waals surface area contributed by atoms with Crippen LogP contribution in [-0.2, 0) is 0 Å². The van der Waals surface area contributed by atoms with Crippen LogP contribution in [-0.4, -0.2) is 32.0 Å². The SMILES string of the molecule is COc1ccc(-c2cc(Nc3cnccn3)nc(NC(C)c3ccc(F)cc3)n2)cn1. The summed E-state index contributed by atoms with van der Waals surface area (Å²) in [5.74, 6) is 1.72. The molecule has 1 unspecified atom stereocenters. The molecule has 4 rings (SSSR count). The van der Waals surface area contributed by atoms with Crippen molar-refractivity contribution in [2.45, 2.75) is 13.0 Å². The molecule has 4 aromatic rings. The Kier molecular flexibility index (Phi) is 5.93. The van der Waals surface area contributed by atoms with E-state index in [1.165, 1.54) is 12.1 Å². The molecule has 0 amide bonds. The second-order valence-corrected chi connectivity index (χ2v) is 6.68. The smallest absolute Gasteiger partial charge is 0.225 e. The van der Waals surface area contributed by atoms with Crippen LogP contribution in [0.4, 0.5) is 22.0 Å². The van der Waals surface area contributed by atoms with E-state index in [9.17, 15) is 4.39 Å². The number of pyridine rings is 1. The summed E-state index contributed by atoms with van der Waals surface area (Å²) in [5.41, 5.74) is 2.36. The Balaban J connectivity index is 1.67. The van der Waals surface area contributed by atoms with Crippen LogP contribution in [0.15, 0.2) is 67.3 Å². The van der Waals surface area contributed by atoms with Crippen LogP contribution in [0.2, 0.25) is 0 Å². The van der Waals surface area contributed by atoms with Gasteiger partial charge in [0.05, 0.1) is 25.0 Å². The van der Waals surface area contributed by atoms with Crippen LogP contribution in [0, 0.1) is 5.82 Å². The number of aromatic nitrogens is 5. The van der Waals surface area contributed by atoms with Crippen molar-refractivity contribution in [3.8, 4) is 17.1 Å². The van der Waals surface area contributed by atoms with Crippen LogP contribution < -0.4 is 15.4 Å². The third kappa shape index (κ3) is 5.08. The minimum Gasteiger partial charge on any atom is -0.481 e. The molecule has 0 aliphatic carbocycles. The molecule has 1 aromatic carbocycles. The predicted octanol–water partition coefficient (Wildman–Crippen LogP) is 4.39. The summed E-state index contributed by atoms with van der Waals surface area (Å²) in [5, 5.41) is 6.41. The van der Waals surface area contributed by atoms with Gasteiger partial charge in [0.25, 0.3) is 0 Å². The van der Waals surface area contributed by atoms with Crippen LogP contribution in [0.1, 0.15) is 18.5 Å². The first-order valence-electron chi connectivity index (χ1n) is 9.55. The Morgan fingerprint density at radius 2 is 1.77 bits per heavy atom. The summed E-state index contributed by atoms with van der Waals surface area (Å²) in [6.07, 6.45) is 6.47. The number of benzene rings is 1. The van der Waals surface area contributed by atoms with Crippen LogP contribution in [0.25, 0.3) is 11.3 Å². The highest BCUT2D eigenvalue weighted by Crippen LogP contribution is 2.25. The van der Waals surface area contributed by atoms with Crippen molar-refractivity contribution in [3.63, 3.8) is 0 Å². The number of halogens is 1. The summed E-state index contributed by atoms with van der Waals surface area (Å²) >= 11 is 0. The second kappa shape index (κ2) is 9.12. The highest BCUT2D eigenvalue weighted by atomic mass is 19.1. The summed E-state index contributed by atoms with van der Waals surface area (Å²) in [6.45, 7) is 1.95. The Hall–Kier alpha value is -4.14. The van der Waals surface area contributed by atoms with Crippen molar-refractivity contribution >= 4 is 17.6 Å². The molecule has 0 aliphatic heterocycles. The molecule has 156 valence electrons. The molecule has 9 heteroatoms. The van der Waals surface area contributed by atoms with E-state index >= 15 is 0 Å². The number of nitrogens with zero attached hydrogens (tertiary/aromatic N) is 5. The van der Waals surface area contributed by atoms with Crippen molar-refractivity contribution in [2.24, 2.45) is 0 Å². The summed E-state index contributed by atoms with van der Waals surface area (Å²) < 4.78 is 18.4. The maximum Gasteiger partial charge on any atom is 0.225 e. The van der Waals surface area contributed by atoms with E-state index in [0.717, 1.165) is 11.1 Å². The van der Waals surface area contributed by atoms with Crippen molar-refractivity contribution in [1.29, 1.82) is 0 Å². The molecule has 0 saturated heterocycles. The number of rotatable bonds is 7. The van der Waals surface area contributed by atoms with Crippen LogP contribution in [0.5, 0.6) is 5.88 Å². The van der Waals surface area contributed by atoms with Gasteiger partial charge in [0.2, 0.25) is 11.8 Å². The largest absolute Gasteiger partial charge is 0.481 e. The van der Waals surface area contributed by atoms with Crippen LogP contribution >= 0.6 is 0 Å². The van der Waals surface area contributed by atoms with Gasteiger partial charge in [-0.1, -0.05) is 12.1 Å². The molecule has 0 radical (unpaired) electrons. The molecule has 3 heterocycles. The Morgan fingerprint density at radius 1 is 0.935 bits per heavy atom. The molecule has 2 N–H and O–H groups in total. The van der Waals surface area contributed by atoms with Gasteiger partial charge in [-0.15, -0.1) is 0 Å². The fourth-order valence-corrected chi connectivity index (χ4v) is 2.90.